The lowest BCUT2D eigenvalue weighted by atomic mass is 9.83. The van der Waals surface area contributed by atoms with Gasteiger partial charge in [0, 0.05) is 29.3 Å². The van der Waals surface area contributed by atoms with E-state index in [2.05, 4.69) is 15.1 Å². The quantitative estimate of drug-likeness (QED) is 0.501. The second-order valence-electron chi connectivity index (χ2n) is 5.07. The molecule has 0 amide bonds. The Morgan fingerprint density at radius 2 is 2.16 bits per heavy atom. The van der Waals surface area contributed by atoms with Crippen molar-refractivity contribution < 1.29 is 0 Å². The molecule has 1 aliphatic rings. The number of nitrogens with one attached hydrogen (secondary N) is 1. The summed E-state index contributed by atoms with van der Waals surface area (Å²) in [6.07, 6.45) is 9.60. The van der Waals surface area contributed by atoms with Gasteiger partial charge in [0.25, 0.3) is 0 Å². The third-order valence-electron chi connectivity index (χ3n) is 3.93. The molecule has 2 aromatic rings. The van der Waals surface area contributed by atoms with Crippen molar-refractivity contribution in [2.45, 2.75) is 32.1 Å². The molecule has 19 heavy (non-hydrogen) atoms. The fourth-order valence-corrected chi connectivity index (χ4v) is 3.24. The third kappa shape index (κ3) is 2.21. The van der Waals surface area contributed by atoms with Crippen molar-refractivity contribution in [3.8, 4) is 0 Å². The van der Waals surface area contributed by atoms with Gasteiger partial charge in [0.1, 0.15) is 5.65 Å². The van der Waals surface area contributed by atoms with Crippen LogP contribution in [0.1, 0.15) is 37.7 Å². The lowest BCUT2D eigenvalue weighted by Gasteiger charge is -2.23. The van der Waals surface area contributed by atoms with Crippen LogP contribution in [0.4, 0.5) is 0 Å². The first kappa shape index (κ1) is 12.5. The molecule has 1 fully saturated rings. The Kier molecular flexibility index (Phi) is 3.42. The van der Waals surface area contributed by atoms with E-state index in [1.165, 1.54) is 19.3 Å². The number of hydrogen-bond acceptors (Lipinski definition) is 3. The van der Waals surface area contributed by atoms with E-state index in [0.29, 0.717) is 10.9 Å². The molecular formula is C14H17ClN4. The second-order valence-corrected chi connectivity index (χ2v) is 5.48. The van der Waals surface area contributed by atoms with Crippen LogP contribution in [-0.4, -0.2) is 15.7 Å². The fraction of sp³-hybridized carbons (Fsp3) is 0.429. The summed E-state index contributed by atoms with van der Waals surface area (Å²) in [4.78, 5) is 7.38. The number of pyridine rings is 1. The number of hydrogen-bond donors (Lipinski definition) is 2. The Bertz CT molecular complexity index is 611. The predicted octanol–water partition coefficient (Wildman–Crippen LogP) is 3.46. The highest BCUT2D eigenvalue weighted by atomic mass is 35.5. The number of aromatic nitrogens is 2. The zero-order valence-corrected chi connectivity index (χ0v) is 11.5. The van der Waals surface area contributed by atoms with E-state index in [9.17, 15) is 0 Å². The molecule has 0 saturated heterocycles. The highest BCUT2D eigenvalue weighted by molar-refractivity contribution is 6.36. The summed E-state index contributed by atoms with van der Waals surface area (Å²) in [6, 6.07) is 1.98. The molecule has 0 unspecified atom stereocenters. The summed E-state index contributed by atoms with van der Waals surface area (Å²) in [5.41, 5.74) is 2.70. The largest absolute Gasteiger partial charge is 0.346 e. The van der Waals surface area contributed by atoms with Crippen LogP contribution in [0.3, 0.4) is 0 Å². The Morgan fingerprint density at radius 1 is 1.37 bits per heavy atom. The van der Waals surface area contributed by atoms with E-state index >= 15 is 0 Å². The van der Waals surface area contributed by atoms with Crippen LogP contribution in [0.15, 0.2) is 23.6 Å². The van der Waals surface area contributed by atoms with Crippen LogP contribution in [-0.2, 0) is 0 Å². The number of H-pyrrole nitrogens is 1. The standard InChI is InChI=1S/C14H17ClN4/c15-11-8-18-14-10(6-7-17-14)12(11)13(19-16)9-4-2-1-3-5-9/h6-9H,1-5,16H2,(H,17,18)/b19-13+. The molecule has 0 aromatic carbocycles. The lowest BCUT2D eigenvalue weighted by molar-refractivity contribution is 0.439. The minimum absolute atomic E-state index is 0.414. The van der Waals surface area contributed by atoms with Crippen molar-refractivity contribution in [3.05, 3.63) is 29.0 Å². The van der Waals surface area contributed by atoms with Crippen LogP contribution in [0.2, 0.25) is 5.02 Å². The van der Waals surface area contributed by atoms with Gasteiger partial charge in [0.2, 0.25) is 0 Å². The smallest absolute Gasteiger partial charge is 0.137 e. The third-order valence-corrected chi connectivity index (χ3v) is 4.21. The summed E-state index contributed by atoms with van der Waals surface area (Å²) in [5, 5.41) is 5.69. The summed E-state index contributed by atoms with van der Waals surface area (Å²) in [7, 11) is 0. The maximum Gasteiger partial charge on any atom is 0.137 e. The van der Waals surface area contributed by atoms with Crippen LogP contribution in [0.5, 0.6) is 0 Å². The fourth-order valence-electron chi connectivity index (χ4n) is 2.99. The van der Waals surface area contributed by atoms with Gasteiger partial charge < -0.3 is 10.8 Å². The normalized spacial score (nSPS) is 18.1. The van der Waals surface area contributed by atoms with E-state index in [4.69, 9.17) is 17.4 Å². The van der Waals surface area contributed by atoms with E-state index in [1.807, 2.05) is 12.3 Å². The van der Waals surface area contributed by atoms with Crippen molar-refractivity contribution in [1.29, 1.82) is 0 Å². The number of fused-ring (bicyclic) bond motifs is 1. The number of hydrazone groups is 1. The lowest BCUT2D eigenvalue weighted by Crippen LogP contribution is -2.21. The molecular weight excluding hydrogens is 260 g/mol. The number of nitrogens with zero attached hydrogens (tertiary/aromatic N) is 2. The molecule has 3 rings (SSSR count). The minimum Gasteiger partial charge on any atom is -0.346 e. The monoisotopic (exact) mass is 276 g/mol. The second kappa shape index (κ2) is 5.21. The Labute approximate surface area is 117 Å². The van der Waals surface area contributed by atoms with Crippen LogP contribution < -0.4 is 5.84 Å². The average molecular weight is 277 g/mol. The molecule has 0 spiro atoms. The van der Waals surface area contributed by atoms with Crippen molar-refractivity contribution in [2.24, 2.45) is 16.9 Å². The van der Waals surface area contributed by atoms with Gasteiger partial charge in [-0.15, -0.1) is 0 Å². The van der Waals surface area contributed by atoms with Crippen molar-refractivity contribution in [3.63, 3.8) is 0 Å². The number of aromatic amines is 1. The molecule has 100 valence electrons. The van der Waals surface area contributed by atoms with Crippen LogP contribution in [0, 0.1) is 5.92 Å². The summed E-state index contributed by atoms with van der Waals surface area (Å²) >= 11 is 6.34. The molecule has 2 aromatic heterocycles. The molecule has 0 radical (unpaired) electrons. The van der Waals surface area contributed by atoms with Gasteiger partial charge in [-0.05, 0) is 18.9 Å². The summed E-state index contributed by atoms with van der Waals surface area (Å²) in [5.74, 6) is 6.08. The maximum atomic E-state index is 6.34. The van der Waals surface area contributed by atoms with Crippen LogP contribution in [0.25, 0.3) is 11.0 Å². The summed E-state index contributed by atoms with van der Waals surface area (Å²) < 4.78 is 0. The SMILES string of the molecule is N/N=C(/c1c(Cl)cnc2[nH]ccc12)C1CCCCC1. The zero-order chi connectivity index (χ0) is 13.2. The zero-order valence-electron chi connectivity index (χ0n) is 10.7. The molecule has 2 heterocycles. The molecule has 3 N–H and O–H groups in total. The van der Waals surface area contributed by atoms with Gasteiger partial charge in [-0.3, -0.25) is 0 Å². The Balaban J connectivity index is 2.10. The molecule has 1 saturated carbocycles. The first-order valence-corrected chi connectivity index (χ1v) is 7.09. The van der Waals surface area contributed by atoms with Crippen molar-refractivity contribution in [1.82, 2.24) is 9.97 Å². The van der Waals surface area contributed by atoms with Gasteiger partial charge >= 0.3 is 0 Å². The number of halogens is 1. The molecule has 0 atom stereocenters. The number of nitrogens with two attached hydrogens (primary N) is 1. The molecule has 4 nitrogen and oxygen atoms in total. The molecule has 0 aliphatic heterocycles. The molecule has 5 heteroatoms. The van der Waals surface area contributed by atoms with E-state index in [-0.39, 0.29) is 0 Å². The van der Waals surface area contributed by atoms with Crippen molar-refractivity contribution >= 4 is 28.3 Å². The Morgan fingerprint density at radius 3 is 2.89 bits per heavy atom. The Hall–Kier alpha value is -1.55. The highest BCUT2D eigenvalue weighted by Gasteiger charge is 2.24. The molecule has 1 aliphatic carbocycles. The highest BCUT2D eigenvalue weighted by Crippen LogP contribution is 2.32. The van der Waals surface area contributed by atoms with Gasteiger partial charge in [0.05, 0.1) is 10.7 Å². The average Bonchev–Trinajstić information content (AvgIpc) is 2.91. The number of rotatable bonds is 2. The van der Waals surface area contributed by atoms with Gasteiger partial charge in [0.15, 0.2) is 0 Å². The van der Waals surface area contributed by atoms with Gasteiger partial charge in [-0.25, -0.2) is 4.98 Å². The van der Waals surface area contributed by atoms with E-state index in [0.717, 1.165) is 35.2 Å². The van der Waals surface area contributed by atoms with E-state index < -0.39 is 0 Å². The van der Waals surface area contributed by atoms with Crippen molar-refractivity contribution in [2.75, 3.05) is 0 Å². The van der Waals surface area contributed by atoms with Crippen LogP contribution >= 0.6 is 11.6 Å². The predicted molar refractivity (Wildman–Crippen MR) is 78.4 cm³/mol. The molecule has 0 bridgehead atoms. The maximum absolute atomic E-state index is 6.34. The minimum atomic E-state index is 0.414. The van der Waals surface area contributed by atoms with Gasteiger partial charge in [-0.1, -0.05) is 30.9 Å². The summed E-state index contributed by atoms with van der Waals surface area (Å²) in [6.45, 7) is 0. The first-order chi connectivity index (χ1) is 9.31. The topological polar surface area (TPSA) is 67.1 Å². The van der Waals surface area contributed by atoms with Gasteiger partial charge in [-0.2, -0.15) is 5.10 Å². The van der Waals surface area contributed by atoms with E-state index in [1.54, 1.807) is 6.20 Å². The first-order valence-electron chi connectivity index (χ1n) is 6.71.